The van der Waals surface area contributed by atoms with Crippen molar-refractivity contribution < 1.29 is 0 Å². The van der Waals surface area contributed by atoms with E-state index in [1.807, 2.05) is 6.20 Å². The van der Waals surface area contributed by atoms with Crippen molar-refractivity contribution >= 4 is 5.69 Å². The Morgan fingerprint density at radius 2 is 2.29 bits per heavy atom. The number of nitrogens with one attached hydrogen (secondary N) is 1. The Bertz CT molecular complexity index is 492. The van der Waals surface area contributed by atoms with Gasteiger partial charge < -0.3 is 15.6 Å². The molecular weight excluding hydrogens is 212 g/mol. The molecule has 1 aromatic carbocycles. The highest BCUT2D eigenvalue weighted by molar-refractivity contribution is 5.56. The van der Waals surface area contributed by atoms with Crippen LogP contribution in [0, 0.1) is 0 Å². The van der Waals surface area contributed by atoms with E-state index in [2.05, 4.69) is 39.1 Å². The van der Waals surface area contributed by atoms with Gasteiger partial charge in [0.05, 0.1) is 18.6 Å². The van der Waals surface area contributed by atoms with Crippen LogP contribution in [0.15, 0.2) is 36.8 Å². The molecule has 3 N–H and O–H groups in total. The van der Waals surface area contributed by atoms with Crippen LogP contribution in [0.2, 0.25) is 0 Å². The van der Waals surface area contributed by atoms with Crippen LogP contribution in [0.25, 0.3) is 0 Å². The summed E-state index contributed by atoms with van der Waals surface area (Å²) in [5.74, 6) is 0. The lowest BCUT2D eigenvalue weighted by Crippen LogP contribution is -2.42. The minimum Gasteiger partial charge on any atom is -0.364 e. The van der Waals surface area contributed by atoms with Crippen molar-refractivity contribution in [3.05, 3.63) is 48.0 Å². The molecule has 2 aromatic rings. The number of aromatic nitrogens is 2. The third-order valence-corrected chi connectivity index (χ3v) is 3.19. The van der Waals surface area contributed by atoms with E-state index in [4.69, 9.17) is 5.73 Å². The molecule has 0 amide bonds. The Morgan fingerprint density at radius 3 is 3.12 bits per heavy atom. The lowest BCUT2D eigenvalue weighted by Gasteiger charge is -2.34. The highest BCUT2D eigenvalue weighted by atomic mass is 15.2. The fraction of sp³-hybridized carbons (Fsp3) is 0.308. The van der Waals surface area contributed by atoms with Crippen LogP contribution in [0.1, 0.15) is 11.3 Å². The molecule has 88 valence electrons. The molecule has 0 saturated carbocycles. The molecule has 1 unspecified atom stereocenters. The average Bonchev–Trinajstić information content (AvgIpc) is 2.81. The highest BCUT2D eigenvalue weighted by Gasteiger charge is 2.21. The molecule has 1 aliphatic rings. The first-order chi connectivity index (χ1) is 8.33. The van der Waals surface area contributed by atoms with Gasteiger partial charge in [0.2, 0.25) is 0 Å². The third-order valence-electron chi connectivity index (χ3n) is 3.19. The van der Waals surface area contributed by atoms with Gasteiger partial charge in [-0.2, -0.15) is 0 Å². The van der Waals surface area contributed by atoms with Gasteiger partial charge in [-0.05, 0) is 18.1 Å². The summed E-state index contributed by atoms with van der Waals surface area (Å²) in [7, 11) is 0. The molecule has 17 heavy (non-hydrogen) atoms. The average molecular weight is 228 g/mol. The van der Waals surface area contributed by atoms with Gasteiger partial charge >= 0.3 is 0 Å². The van der Waals surface area contributed by atoms with Crippen LogP contribution >= 0.6 is 0 Å². The van der Waals surface area contributed by atoms with Crippen molar-refractivity contribution in [3.63, 3.8) is 0 Å². The number of hydrogen-bond acceptors (Lipinski definition) is 3. The van der Waals surface area contributed by atoms with Crippen LogP contribution in [-0.2, 0) is 13.0 Å². The number of aromatic amines is 1. The molecule has 4 heteroatoms. The first-order valence-corrected chi connectivity index (χ1v) is 5.88. The number of H-pyrrole nitrogens is 1. The largest absolute Gasteiger partial charge is 0.364 e. The summed E-state index contributed by atoms with van der Waals surface area (Å²) in [5, 5.41) is 0. The highest BCUT2D eigenvalue weighted by Crippen LogP contribution is 2.27. The Morgan fingerprint density at radius 1 is 1.41 bits per heavy atom. The molecule has 1 aromatic heterocycles. The standard InChI is InChI=1S/C13H16N4/c14-11-5-10-3-1-2-4-13(10)17(7-11)8-12-6-15-9-16-12/h1-4,6,9,11H,5,7-8,14H2,(H,15,16). The van der Waals surface area contributed by atoms with Crippen molar-refractivity contribution in [1.82, 2.24) is 9.97 Å². The first kappa shape index (κ1) is 10.4. The molecule has 0 fully saturated rings. The minimum atomic E-state index is 0.216. The molecule has 1 atom stereocenters. The molecule has 3 rings (SSSR count). The molecule has 0 radical (unpaired) electrons. The van der Waals surface area contributed by atoms with Crippen molar-refractivity contribution in [1.29, 1.82) is 0 Å². The summed E-state index contributed by atoms with van der Waals surface area (Å²) in [6.07, 6.45) is 4.55. The number of rotatable bonds is 2. The van der Waals surface area contributed by atoms with Gasteiger partial charge in [0.15, 0.2) is 0 Å². The van der Waals surface area contributed by atoms with Gasteiger partial charge in [-0.25, -0.2) is 4.98 Å². The van der Waals surface area contributed by atoms with Crippen molar-refractivity contribution in [2.24, 2.45) is 5.73 Å². The maximum Gasteiger partial charge on any atom is 0.0922 e. The van der Waals surface area contributed by atoms with Crippen LogP contribution in [0.5, 0.6) is 0 Å². The number of hydrogen-bond donors (Lipinski definition) is 2. The molecule has 2 heterocycles. The predicted molar refractivity (Wildman–Crippen MR) is 67.8 cm³/mol. The Kier molecular flexibility index (Phi) is 2.57. The Labute approximate surface area is 100 Å². The van der Waals surface area contributed by atoms with Crippen molar-refractivity contribution in [2.45, 2.75) is 19.0 Å². The van der Waals surface area contributed by atoms with Gasteiger partial charge in [-0.15, -0.1) is 0 Å². The zero-order chi connectivity index (χ0) is 11.7. The van der Waals surface area contributed by atoms with E-state index in [0.717, 1.165) is 25.2 Å². The zero-order valence-electron chi connectivity index (χ0n) is 9.63. The van der Waals surface area contributed by atoms with E-state index >= 15 is 0 Å². The summed E-state index contributed by atoms with van der Waals surface area (Å²) in [6, 6.07) is 8.69. The maximum absolute atomic E-state index is 6.10. The quantitative estimate of drug-likeness (QED) is 0.814. The molecule has 0 spiro atoms. The number of nitrogens with zero attached hydrogens (tertiary/aromatic N) is 2. The number of anilines is 1. The van der Waals surface area contributed by atoms with E-state index in [0.29, 0.717) is 0 Å². The summed E-state index contributed by atoms with van der Waals surface area (Å²) in [6.45, 7) is 1.74. The van der Waals surface area contributed by atoms with Gasteiger partial charge in [0, 0.05) is 24.5 Å². The zero-order valence-corrected chi connectivity index (χ0v) is 9.63. The Hall–Kier alpha value is -1.81. The number of fused-ring (bicyclic) bond motifs is 1. The van der Waals surface area contributed by atoms with Gasteiger partial charge in [-0.3, -0.25) is 0 Å². The molecule has 1 aliphatic heterocycles. The second-order valence-electron chi connectivity index (χ2n) is 4.55. The smallest absolute Gasteiger partial charge is 0.0922 e. The normalized spacial score (nSPS) is 19.1. The second-order valence-corrected chi connectivity index (χ2v) is 4.55. The minimum absolute atomic E-state index is 0.216. The van der Waals surface area contributed by atoms with E-state index in [1.165, 1.54) is 11.3 Å². The lowest BCUT2D eigenvalue weighted by molar-refractivity contribution is 0.596. The number of para-hydroxylation sites is 1. The van der Waals surface area contributed by atoms with Crippen LogP contribution in [0.4, 0.5) is 5.69 Å². The van der Waals surface area contributed by atoms with Crippen LogP contribution in [0.3, 0.4) is 0 Å². The molecule has 4 nitrogen and oxygen atoms in total. The molecule has 0 bridgehead atoms. The fourth-order valence-corrected chi connectivity index (χ4v) is 2.45. The second kappa shape index (κ2) is 4.22. The van der Waals surface area contributed by atoms with Crippen LogP contribution < -0.4 is 10.6 Å². The van der Waals surface area contributed by atoms with Gasteiger partial charge in [-0.1, -0.05) is 18.2 Å². The maximum atomic E-state index is 6.10. The molecular formula is C13H16N4. The Balaban J connectivity index is 1.90. The monoisotopic (exact) mass is 228 g/mol. The fourth-order valence-electron chi connectivity index (χ4n) is 2.45. The number of nitrogens with two attached hydrogens (primary N) is 1. The third kappa shape index (κ3) is 2.03. The van der Waals surface area contributed by atoms with E-state index in [-0.39, 0.29) is 6.04 Å². The first-order valence-electron chi connectivity index (χ1n) is 5.88. The van der Waals surface area contributed by atoms with Crippen molar-refractivity contribution in [2.75, 3.05) is 11.4 Å². The number of benzene rings is 1. The topological polar surface area (TPSA) is 57.9 Å². The van der Waals surface area contributed by atoms with E-state index in [1.54, 1.807) is 6.33 Å². The molecule has 0 saturated heterocycles. The number of imidazole rings is 1. The summed E-state index contributed by atoms with van der Waals surface area (Å²) in [5.41, 5.74) is 9.85. The van der Waals surface area contributed by atoms with E-state index < -0.39 is 0 Å². The van der Waals surface area contributed by atoms with Crippen molar-refractivity contribution in [3.8, 4) is 0 Å². The lowest BCUT2D eigenvalue weighted by atomic mass is 9.98. The summed E-state index contributed by atoms with van der Waals surface area (Å²) in [4.78, 5) is 9.50. The summed E-state index contributed by atoms with van der Waals surface area (Å²) >= 11 is 0. The van der Waals surface area contributed by atoms with E-state index in [9.17, 15) is 0 Å². The predicted octanol–water partition coefficient (Wildman–Crippen LogP) is 1.30. The summed E-state index contributed by atoms with van der Waals surface area (Å²) < 4.78 is 0. The van der Waals surface area contributed by atoms with Crippen LogP contribution in [-0.4, -0.2) is 22.6 Å². The van der Waals surface area contributed by atoms with Gasteiger partial charge in [0.25, 0.3) is 0 Å². The molecule has 0 aliphatic carbocycles. The van der Waals surface area contributed by atoms with Gasteiger partial charge in [0.1, 0.15) is 0 Å². The SMILES string of the molecule is NC1Cc2ccccc2N(Cc2cnc[nH]2)C1.